The van der Waals surface area contributed by atoms with Crippen LogP contribution in [0.25, 0.3) is 0 Å². The summed E-state index contributed by atoms with van der Waals surface area (Å²) in [6, 6.07) is 4.23. The second kappa shape index (κ2) is 8.39. The number of nitrogens with zero attached hydrogens (tertiary/aromatic N) is 1. The second-order valence-corrected chi connectivity index (χ2v) is 11.0. The molecule has 0 radical (unpaired) electrons. The van der Waals surface area contributed by atoms with Crippen molar-refractivity contribution < 1.29 is 26.4 Å². The summed E-state index contributed by atoms with van der Waals surface area (Å²) in [5, 5.41) is 0. The first-order valence-electron chi connectivity index (χ1n) is 11.1. The van der Waals surface area contributed by atoms with E-state index in [1.54, 1.807) is 0 Å². The van der Waals surface area contributed by atoms with Gasteiger partial charge in [0.1, 0.15) is 0 Å². The van der Waals surface area contributed by atoms with Crippen LogP contribution in [0.1, 0.15) is 57.4 Å². The van der Waals surface area contributed by atoms with Crippen molar-refractivity contribution in [2.45, 2.75) is 75.0 Å². The van der Waals surface area contributed by atoms with Crippen molar-refractivity contribution in [3.8, 4) is 0 Å². The number of hydrogen-bond donors (Lipinski definition) is 1. The molecule has 3 fully saturated rings. The first-order chi connectivity index (χ1) is 14.6. The second-order valence-electron chi connectivity index (χ2n) is 9.28. The van der Waals surface area contributed by atoms with Crippen molar-refractivity contribution in [1.82, 2.24) is 9.62 Å². The van der Waals surface area contributed by atoms with Crippen LogP contribution in [0.15, 0.2) is 29.2 Å². The molecule has 3 aliphatic rings. The maximum absolute atomic E-state index is 13.0. The van der Waals surface area contributed by atoms with E-state index in [-0.39, 0.29) is 36.2 Å². The lowest BCUT2D eigenvalue weighted by molar-refractivity contribution is -0.137. The fraction of sp³-hybridized carbons (Fsp3) is 0.682. The number of benzene rings is 1. The van der Waals surface area contributed by atoms with Crippen molar-refractivity contribution >= 4 is 15.9 Å². The van der Waals surface area contributed by atoms with Crippen LogP contribution < -0.4 is 4.72 Å². The summed E-state index contributed by atoms with van der Waals surface area (Å²) in [4.78, 5) is 14.5. The highest BCUT2D eigenvalue weighted by atomic mass is 32.2. The van der Waals surface area contributed by atoms with Crippen LogP contribution in [0.4, 0.5) is 13.2 Å². The Balaban J connectivity index is 1.46. The Morgan fingerprint density at radius 1 is 1.16 bits per heavy atom. The Kier molecular flexibility index (Phi) is 6.11. The molecule has 31 heavy (non-hydrogen) atoms. The molecule has 1 amide bonds. The molecular weight excluding hydrogens is 429 g/mol. The summed E-state index contributed by atoms with van der Waals surface area (Å²) < 4.78 is 66.8. The smallest absolute Gasteiger partial charge is 0.336 e. The van der Waals surface area contributed by atoms with Crippen LogP contribution in [0.3, 0.4) is 0 Å². The number of nitrogens with one attached hydrogen (secondary N) is 1. The van der Waals surface area contributed by atoms with E-state index in [2.05, 4.69) is 16.5 Å². The lowest BCUT2D eigenvalue weighted by atomic mass is 9.89. The number of halogens is 3. The van der Waals surface area contributed by atoms with Crippen molar-refractivity contribution in [3.63, 3.8) is 0 Å². The van der Waals surface area contributed by atoms with Gasteiger partial charge in [-0.2, -0.15) is 13.2 Å². The van der Waals surface area contributed by atoms with E-state index in [0.29, 0.717) is 18.5 Å². The molecule has 1 aromatic carbocycles. The number of alkyl halides is 3. The molecule has 0 aromatic heterocycles. The number of sulfonamides is 1. The highest BCUT2D eigenvalue weighted by Crippen LogP contribution is 2.47. The predicted octanol–water partition coefficient (Wildman–Crippen LogP) is 4.19. The molecule has 1 aromatic rings. The van der Waals surface area contributed by atoms with Gasteiger partial charge in [0.05, 0.1) is 10.5 Å². The third-order valence-electron chi connectivity index (χ3n) is 7.39. The lowest BCUT2D eigenvalue weighted by Crippen LogP contribution is -2.43. The van der Waals surface area contributed by atoms with Crippen LogP contribution in [0, 0.1) is 17.8 Å². The summed E-state index contributed by atoms with van der Waals surface area (Å²) in [5.41, 5.74) is -0.991. The largest absolute Gasteiger partial charge is 0.416 e. The molecular formula is C22H29F3N2O3S. The van der Waals surface area contributed by atoms with Crippen LogP contribution in [0.5, 0.6) is 0 Å². The Morgan fingerprint density at radius 2 is 1.87 bits per heavy atom. The standard InChI is InChI=1S/C22H29F3N2O3S/c1-14-10-20-18(12-21(28)27(20)16-7-3-2-4-8-16)19(14)13-26-31(29,30)17-9-5-6-15(11-17)22(23,24)25/h5-6,9,11,14,16,18-20,26H,2-4,7-8,10,12-13H2,1H3/t14-,18-,19+,20+/m0/s1. The minimum Gasteiger partial charge on any atom is -0.336 e. The monoisotopic (exact) mass is 458 g/mol. The summed E-state index contributed by atoms with van der Waals surface area (Å²) in [5.74, 6) is 0.481. The molecule has 4 atom stereocenters. The van der Waals surface area contributed by atoms with E-state index in [1.807, 2.05) is 0 Å². The molecule has 1 N–H and O–H groups in total. The molecule has 0 spiro atoms. The van der Waals surface area contributed by atoms with Crippen LogP contribution in [-0.2, 0) is 21.0 Å². The number of hydrogen-bond acceptors (Lipinski definition) is 3. The van der Waals surface area contributed by atoms with Gasteiger partial charge in [-0.1, -0.05) is 32.3 Å². The molecule has 1 heterocycles. The first kappa shape index (κ1) is 22.6. The maximum Gasteiger partial charge on any atom is 0.416 e. The summed E-state index contributed by atoms with van der Waals surface area (Å²) in [6.45, 7) is 2.21. The highest BCUT2D eigenvalue weighted by molar-refractivity contribution is 7.89. The summed E-state index contributed by atoms with van der Waals surface area (Å²) >= 11 is 0. The fourth-order valence-corrected chi connectivity index (χ4v) is 6.97. The van der Waals surface area contributed by atoms with Crippen LogP contribution in [-0.4, -0.2) is 37.9 Å². The van der Waals surface area contributed by atoms with Crippen molar-refractivity contribution in [1.29, 1.82) is 0 Å². The van der Waals surface area contributed by atoms with Gasteiger partial charge in [-0.3, -0.25) is 4.79 Å². The van der Waals surface area contributed by atoms with E-state index in [4.69, 9.17) is 0 Å². The first-order valence-corrected chi connectivity index (χ1v) is 12.5. The van der Waals surface area contributed by atoms with Gasteiger partial charge in [-0.25, -0.2) is 13.1 Å². The zero-order valence-electron chi connectivity index (χ0n) is 17.6. The SMILES string of the molecule is C[C@H]1C[C@@H]2[C@@H](CC(=O)N2C2CCCCC2)[C@@H]1CNS(=O)(=O)c1cccc(C(F)(F)F)c1. The minimum absolute atomic E-state index is 0.0110. The molecule has 0 bridgehead atoms. The van der Waals surface area contributed by atoms with Gasteiger partial charge < -0.3 is 4.90 Å². The third-order valence-corrected chi connectivity index (χ3v) is 8.81. The van der Waals surface area contributed by atoms with Crippen LogP contribution in [0.2, 0.25) is 0 Å². The average Bonchev–Trinajstić information content (AvgIpc) is 3.19. The molecule has 9 heteroatoms. The van der Waals surface area contributed by atoms with Gasteiger partial charge in [0.2, 0.25) is 15.9 Å². The van der Waals surface area contributed by atoms with E-state index in [9.17, 15) is 26.4 Å². The minimum atomic E-state index is -4.61. The normalized spacial score (nSPS) is 30.1. The van der Waals surface area contributed by atoms with Crippen molar-refractivity contribution in [2.24, 2.45) is 17.8 Å². The van der Waals surface area contributed by atoms with Crippen molar-refractivity contribution in [2.75, 3.05) is 6.54 Å². The lowest BCUT2D eigenvalue weighted by Gasteiger charge is -2.35. The molecule has 0 unspecified atom stereocenters. The topological polar surface area (TPSA) is 66.5 Å². The van der Waals surface area contributed by atoms with Gasteiger partial charge in [-0.15, -0.1) is 0 Å². The number of amides is 1. The average molecular weight is 459 g/mol. The van der Waals surface area contributed by atoms with Crippen LogP contribution >= 0.6 is 0 Å². The van der Waals surface area contributed by atoms with Gasteiger partial charge >= 0.3 is 6.18 Å². The van der Waals surface area contributed by atoms with E-state index >= 15 is 0 Å². The molecule has 4 rings (SSSR count). The molecule has 1 aliphatic heterocycles. The number of fused-ring (bicyclic) bond motifs is 1. The Bertz CT molecular complexity index is 928. The number of carbonyl (C=O) groups excluding carboxylic acids is 1. The van der Waals surface area contributed by atoms with Gasteiger partial charge in [-0.05, 0) is 55.2 Å². The fourth-order valence-electron chi connectivity index (χ4n) is 5.85. The molecule has 5 nitrogen and oxygen atoms in total. The summed E-state index contributed by atoms with van der Waals surface area (Å²) in [6.07, 6.45) is 2.24. The Morgan fingerprint density at radius 3 is 2.55 bits per heavy atom. The molecule has 2 aliphatic carbocycles. The molecule has 172 valence electrons. The van der Waals surface area contributed by atoms with Gasteiger partial charge in [0.15, 0.2) is 0 Å². The van der Waals surface area contributed by atoms with E-state index < -0.39 is 26.7 Å². The Hall–Kier alpha value is -1.61. The number of carbonyl (C=O) groups is 1. The number of rotatable bonds is 5. The molecule has 1 saturated heterocycles. The molecule has 2 saturated carbocycles. The predicted molar refractivity (Wildman–Crippen MR) is 110 cm³/mol. The van der Waals surface area contributed by atoms with E-state index in [0.717, 1.165) is 44.2 Å². The Labute approximate surface area is 181 Å². The van der Waals surface area contributed by atoms with E-state index in [1.165, 1.54) is 12.5 Å². The summed E-state index contributed by atoms with van der Waals surface area (Å²) in [7, 11) is -4.08. The van der Waals surface area contributed by atoms with Crippen molar-refractivity contribution in [3.05, 3.63) is 29.8 Å². The zero-order valence-corrected chi connectivity index (χ0v) is 18.4. The maximum atomic E-state index is 13.0. The number of likely N-dealkylation sites (tertiary alicyclic amines) is 1. The quantitative estimate of drug-likeness (QED) is 0.720. The highest BCUT2D eigenvalue weighted by Gasteiger charge is 2.52. The van der Waals surface area contributed by atoms with Gasteiger partial charge in [0.25, 0.3) is 0 Å². The zero-order chi connectivity index (χ0) is 22.4. The third kappa shape index (κ3) is 4.49. The van der Waals surface area contributed by atoms with Gasteiger partial charge in [0, 0.05) is 25.0 Å².